The number of rotatable bonds is 1. The lowest BCUT2D eigenvalue weighted by molar-refractivity contribution is -0.120. The summed E-state index contributed by atoms with van der Waals surface area (Å²) in [5.74, 6) is 0.0404. The van der Waals surface area contributed by atoms with Gasteiger partial charge in [-0.05, 0) is 6.07 Å². The molecular formula is C9H12N4O. The number of carbonyl (C=O) groups is 1. The van der Waals surface area contributed by atoms with E-state index in [9.17, 15) is 4.79 Å². The Balaban J connectivity index is 2.17. The molecule has 0 saturated carbocycles. The Morgan fingerprint density at radius 2 is 2.36 bits per heavy atom. The van der Waals surface area contributed by atoms with Gasteiger partial charge in [0.2, 0.25) is 5.91 Å². The average Bonchev–Trinajstić information content (AvgIpc) is 2.18. The van der Waals surface area contributed by atoms with E-state index in [1.54, 1.807) is 12.4 Å². The van der Waals surface area contributed by atoms with E-state index in [1.165, 1.54) is 0 Å². The topological polar surface area (TPSA) is 71.2 Å². The van der Waals surface area contributed by atoms with Crippen molar-refractivity contribution in [3.63, 3.8) is 0 Å². The van der Waals surface area contributed by atoms with E-state index in [0.717, 1.165) is 12.2 Å². The fraction of sp³-hybridized carbons (Fsp3) is 0.333. The molecule has 1 aromatic rings. The highest BCUT2D eigenvalue weighted by molar-refractivity contribution is 5.82. The minimum Gasteiger partial charge on any atom is -0.397 e. The highest BCUT2D eigenvalue weighted by Crippen LogP contribution is 2.15. The van der Waals surface area contributed by atoms with E-state index in [2.05, 4.69) is 10.3 Å². The molecular weight excluding hydrogens is 180 g/mol. The molecule has 5 nitrogen and oxygen atoms in total. The summed E-state index contributed by atoms with van der Waals surface area (Å²) in [6.45, 7) is 1.86. The van der Waals surface area contributed by atoms with Crippen molar-refractivity contribution in [2.75, 3.05) is 30.3 Å². The number of amides is 1. The van der Waals surface area contributed by atoms with Crippen LogP contribution in [-0.4, -0.2) is 30.5 Å². The van der Waals surface area contributed by atoms with E-state index in [-0.39, 0.29) is 5.91 Å². The third-order valence-electron chi connectivity index (χ3n) is 2.15. The second-order valence-corrected chi connectivity index (χ2v) is 3.25. The third-order valence-corrected chi connectivity index (χ3v) is 2.15. The predicted octanol–water partition coefficient (Wildman–Crippen LogP) is -0.400. The second kappa shape index (κ2) is 3.53. The van der Waals surface area contributed by atoms with Crippen molar-refractivity contribution >= 4 is 17.3 Å². The Labute approximate surface area is 81.9 Å². The normalized spacial score (nSPS) is 16.6. The van der Waals surface area contributed by atoms with Gasteiger partial charge >= 0.3 is 0 Å². The van der Waals surface area contributed by atoms with E-state index in [4.69, 9.17) is 5.73 Å². The number of piperazine rings is 1. The maximum atomic E-state index is 11.1. The van der Waals surface area contributed by atoms with Gasteiger partial charge in [-0.15, -0.1) is 0 Å². The molecule has 5 heteroatoms. The van der Waals surface area contributed by atoms with Crippen LogP contribution in [0, 0.1) is 0 Å². The molecule has 0 atom stereocenters. The van der Waals surface area contributed by atoms with E-state index < -0.39 is 0 Å². The number of nitrogen functional groups attached to an aromatic ring is 1. The lowest BCUT2D eigenvalue weighted by atomic mass is 10.3. The molecule has 14 heavy (non-hydrogen) atoms. The molecule has 0 aliphatic carbocycles. The van der Waals surface area contributed by atoms with Crippen molar-refractivity contribution in [3.8, 4) is 0 Å². The molecule has 1 fully saturated rings. The molecule has 1 saturated heterocycles. The summed E-state index contributed by atoms with van der Waals surface area (Å²) in [7, 11) is 0. The summed E-state index contributed by atoms with van der Waals surface area (Å²) in [4.78, 5) is 17.1. The van der Waals surface area contributed by atoms with Crippen LogP contribution in [0.3, 0.4) is 0 Å². The molecule has 1 aromatic heterocycles. The van der Waals surface area contributed by atoms with Gasteiger partial charge in [0.25, 0.3) is 0 Å². The number of carbonyl (C=O) groups excluding carboxylic acids is 1. The lowest BCUT2D eigenvalue weighted by Crippen LogP contribution is -2.47. The number of hydrogen-bond acceptors (Lipinski definition) is 4. The third kappa shape index (κ3) is 1.76. The fourth-order valence-electron chi connectivity index (χ4n) is 1.48. The second-order valence-electron chi connectivity index (χ2n) is 3.25. The van der Waals surface area contributed by atoms with Gasteiger partial charge in [0.1, 0.15) is 0 Å². The SMILES string of the molecule is Nc1cncc(N2CCNC(=O)C2)c1. The minimum atomic E-state index is 0.0404. The van der Waals surface area contributed by atoms with Crippen LogP contribution in [0.25, 0.3) is 0 Å². The van der Waals surface area contributed by atoms with Crippen LogP contribution < -0.4 is 16.0 Å². The van der Waals surface area contributed by atoms with Crippen molar-refractivity contribution in [1.29, 1.82) is 0 Å². The van der Waals surface area contributed by atoms with Gasteiger partial charge in [-0.2, -0.15) is 0 Å². The van der Waals surface area contributed by atoms with Gasteiger partial charge in [-0.3, -0.25) is 9.78 Å². The maximum Gasteiger partial charge on any atom is 0.239 e. The molecule has 1 aliphatic heterocycles. The molecule has 0 aromatic carbocycles. The van der Waals surface area contributed by atoms with Crippen LogP contribution in [0.1, 0.15) is 0 Å². The predicted molar refractivity (Wildman–Crippen MR) is 53.9 cm³/mol. The van der Waals surface area contributed by atoms with Crippen molar-refractivity contribution in [3.05, 3.63) is 18.5 Å². The van der Waals surface area contributed by atoms with Crippen LogP contribution in [0.5, 0.6) is 0 Å². The van der Waals surface area contributed by atoms with Gasteiger partial charge in [-0.25, -0.2) is 0 Å². The van der Waals surface area contributed by atoms with Crippen molar-refractivity contribution < 1.29 is 4.79 Å². The van der Waals surface area contributed by atoms with Gasteiger partial charge < -0.3 is 16.0 Å². The molecule has 2 rings (SSSR count). The first-order chi connectivity index (χ1) is 6.75. The number of anilines is 2. The van der Waals surface area contributed by atoms with E-state index in [1.807, 2.05) is 11.0 Å². The smallest absolute Gasteiger partial charge is 0.239 e. The highest BCUT2D eigenvalue weighted by atomic mass is 16.2. The zero-order chi connectivity index (χ0) is 9.97. The summed E-state index contributed by atoms with van der Waals surface area (Å²) < 4.78 is 0. The zero-order valence-corrected chi connectivity index (χ0v) is 7.73. The quantitative estimate of drug-likeness (QED) is 0.635. The molecule has 0 spiro atoms. The number of nitrogens with zero attached hydrogens (tertiary/aromatic N) is 2. The summed E-state index contributed by atoms with van der Waals surface area (Å²) in [5, 5.41) is 2.76. The molecule has 1 amide bonds. The van der Waals surface area contributed by atoms with Gasteiger partial charge in [0.05, 0.1) is 24.1 Å². The lowest BCUT2D eigenvalue weighted by Gasteiger charge is -2.28. The van der Waals surface area contributed by atoms with Crippen molar-refractivity contribution in [2.24, 2.45) is 0 Å². The van der Waals surface area contributed by atoms with Gasteiger partial charge in [-0.1, -0.05) is 0 Å². The zero-order valence-electron chi connectivity index (χ0n) is 7.73. The number of aromatic nitrogens is 1. The molecule has 0 bridgehead atoms. The van der Waals surface area contributed by atoms with Crippen LogP contribution in [0.15, 0.2) is 18.5 Å². The van der Waals surface area contributed by atoms with Gasteiger partial charge in [0, 0.05) is 19.3 Å². The Hall–Kier alpha value is -1.78. The summed E-state index contributed by atoms with van der Waals surface area (Å²) in [6, 6.07) is 1.82. The Morgan fingerprint density at radius 1 is 1.50 bits per heavy atom. The van der Waals surface area contributed by atoms with E-state index >= 15 is 0 Å². The van der Waals surface area contributed by atoms with Crippen molar-refractivity contribution in [2.45, 2.75) is 0 Å². The van der Waals surface area contributed by atoms with Crippen LogP contribution >= 0.6 is 0 Å². The summed E-state index contributed by atoms with van der Waals surface area (Å²) in [5.41, 5.74) is 7.13. The number of pyridine rings is 1. The average molecular weight is 192 g/mol. The van der Waals surface area contributed by atoms with Crippen LogP contribution in [-0.2, 0) is 4.79 Å². The molecule has 1 aliphatic rings. The molecule has 0 radical (unpaired) electrons. The van der Waals surface area contributed by atoms with Gasteiger partial charge in [0.15, 0.2) is 0 Å². The largest absolute Gasteiger partial charge is 0.397 e. The van der Waals surface area contributed by atoms with E-state index in [0.29, 0.717) is 18.8 Å². The minimum absolute atomic E-state index is 0.0404. The Bertz CT molecular complexity index is 352. The highest BCUT2D eigenvalue weighted by Gasteiger charge is 2.16. The number of hydrogen-bond donors (Lipinski definition) is 2. The van der Waals surface area contributed by atoms with Crippen LogP contribution in [0.4, 0.5) is 11.4 Å². The fourth-order valence-corrected chi connectivity index (χ4v) is 1.48. The molecule has 2 heterocycles. The molecule has 74 valence electrons. The number of nitrogens with two attached hydrogens (primary N) is 1. The summed E-state index contributed by atoms with van der Waals surface area (Å²) in [6.07, 6.45) is 3.31. The van der Waals surface area contributed by atoms with Crippen LogP contribution in [0.2, 0.25) is 0 Å². The Morgan fingerprint density at radius 3 is 3.07 bits per heavy atom. The first-order valence-electron chi connectivity index (χ1n) is 4.48. The molecule has 3 N–H and O–H groups in total. The maximum absolute atomic E-state index is 11.1. The first-order valence-corrected chi connectivity index (χ1v) is 4.48. The molecule has 0 unspecified atom stereocenters. The monoisotopic (exact) mass is 192 g/mol. The number of nitrogens with one attached hydrogen (secondary N) is 1. The van der Waals surface area contributed by atoms with Crippen molar-refractivity contribution in [1.82, 2.24) is 10.3 Å². The first kappa shape index (κ1) is 8.80. The summed E-state index contributed by atoms with van der Waals surface area (Å²) >= 11 is 0. The Kier molecular flexibility index (Phi) is 2.22. The standard InChI is InChI=1S/C9H12N4O/c10-7-3-8(5-11-4-7)13-2-1-12-9(14)6-13/h3-5H,1-2,6,10H2,(H,12,14).